The fourth-order valence-electron chi connectivity index (χ4n) is 3.22. The zero-order valence-corrected chi connectivity index (χ0v) is 9.71. The molecule has 2 aliphatic carbocycles. The van der Waals surface area contributed by atoms with Crippen molar-refractivity contribution in [2.24, 2.45) is 29.4 Å². The topological polar surface area (TPSA) is 26.0 Å². The fraction of sp³-hybridized carbons (Fsp3) is 1.00. The first-order valence-electron chi connectivity index (χ1n) is 6.48. The maximum Gasteiger partial charge on any atom is 0.00982 e. The molecule has 0 aliphatic heterocycles. The van der Waals surface area contributed by atoms with Crippen molar-refractivity contribution in [3.8, 4) is 0 Å². The molecular weight excluding hydrogens is 170 g/mol. The number of rotatable bonds is 3. The third kappa shape index (κ3) is 2.13. The van der Waals surface area contributed by atoms with E-state index in [4.69, 9.17) is 5.73 Å². The van der Waals surface area contributed by atoms with Crippen LogP contribution in [0.5, 0.6) is 0 Å². The SMILES string of the molecule is CCC1CCC(C(N)C2CC2C)CC1. The van der Waals surface area contributed by atoms with Crippen LogP contribution in [0.1, 0.15) is 52.4 Å². The largest absolute Gasteiger partial charge is 0.327 e. The quantitative estimate of drug-likeness (QED) is 0.735. The van der Waals surface area contributed by atoms with E-state index >= 15 is 0 Å². The summed E-state index contributed by atoms with van der Waals surface area (Å²) in [6.07, 6.45) is 8.47. The Hall–Kier alpha value is -0.0400. The van der Waals surface area contributed by atoms with E-state index in [1.807, 2.05) is 0 Å². The van der Waals surface area contributed by atoms with Gasteiger partial charge in [0.1, 0.15) is 0 Å². The fourth-order valence-corrected chi connectivity index (χ4v) is 3.22. The van der Waals surface area contributed by atoms with E-state index in [0.717, 1.165) is 23.7 Å². The van der Waals surface area contributed by atoms with Gasteiger partial charge in [0.05, 0.1) is 0 Å². The molecule has 0 aromatic carbocycles. The highest BCUT2D eigenvalue weighted by Crippen LogP contribution is 2.45. The van der Waals surface area contributed by atoms with Crippen LogP contribution >= 0.6 is 0 Å². The second-order valence-corrected chi connectivity index (χ2v) is 5.64. The van der Waals surface area contributed by atoms with Gasteiger partial charge in [0.15, 0.2) is 0 Å². The van der Waals surface area contributed by atoms with Gasteiger partial charge in [-0.3, -0.25) is 0 Å². The molecule has 0 radical (unpaired) electrons. The van der Waals surface area contributed by atoms with E-state index in [2.05, 4.69) is 13.8 Å². The lowest BCUT2D eigenvalue weighted by atomic mass is 9.76. The highest BCUT2D eigenvalue weighted by atomic mass is 14.7. The number of nitrogens with two attached hydrogens (primary N) is 1. The predicted molar refractivity (Wildman–Crippen MR) is 61.0 cm³/mol. The summed E-state index contributed by atoms with van der Waals surface area (Å²) >= 11 is 0. The van der Waals surface area contributed by atoms with Crippen molar-refractivity contribution in [2.75, 3.05) is 0 Å². The van der Waals surface area contributed by atoms with E-state index in [-0.39, 0.29) is 0 Å². The van der Waals surface area contributed by atoms with Gasteiger partial charge in [0, 0.05) is 6.04 Å². The summed E-state index contributed by atoms with van der Waals surface area (Å²) in [7, 11) is 0. The van der Waals surface area contributed by atoms with Gasteiger partial charge in [-0.05, 0) is 42.9 Å². The van der Waals surface area contributed by atoms with Crippen LogP contribution in [0.3, 0.4) is 0 Å². The number of hydrogen-bond donors (Lipinski definition) is 1. The first kappa shape index (κ1) is 10.5. The van der Waals surface area contributed by atoms with Crippen molar-refractivity contribution in [3.63, 3.8) is 0 Å². The average molecular weight is 195 g/mol. The van der Waals surface area contributed by atoms with E-state index in [1.54, 1.807) is 0 Å². The van der Waals surface area contributed by atoms with Gasteiger partial charge in [-0.15, -0.1) is 0 Å². The monoisotopic (exact) mass is 195 g/mol. The molecule has 2 N–H and O–H groups in total. The molecule has 0 aromatic rings. The van der Waals surface area contributed by atoms with Gasteiger partial charge in [-0.1, -0.05) is 33.1 Å². The van der Waals surface area contributed by atoms with Crippen molar-refractivity contribution >= 4 is 0 Å². The van der Waals surface area contributed by atoms with Crippen molar-refractivity contribution in [2.45, 2.75) is 58.4 Å². The van der Waals surface area contributed by atoms with Gasteiger partial charge in [-0.25, -0.2) is 0 Å². The highest BCUT2D eigenvalue weighted by Gasteiger charge is 2.41. The summed E-state index contributed by atoms with van der Waals surface area (Å²) in [6, 6.07) is 0.530. The Labute approximate surface area is 88.4 Å². The first-order chi connectivity index (χ1) is 6.72. The molecule has 2 rings (SSSR count). The van der Waals surface area contributed by atoms with Crippen molar-refractivity contribution in [1.82, 2.24) is 0 Å². The minimum absolute atomic E-state index is 0.530. The Balaban J connectivity index is 1.77. The van der Waals surface area contributed by atoms with Crippen LogP contribution in [0.4, 0.5) is 0 Å². The Bertz CT molecular complexity index is 182. The molecule has 0 aromatic heterocycles. The zero-order chi connectivity index (χ0) is 10.1. The molecule has 82 valence electrons. The van der Waals surface area contributed by atoms with Crippen LogP contribution in [0.2, 0.25) is 0 Å². The Kier molecular flexibility index (Phi) is 3.16. The summed E-state index contributed by atoms with van der Waals surface area (Å²) in [4.78, 5) is 0. The average Bonchev–Trinajstić information content (AvgIpc) is 2.95. The molecular formula is C13H25N. The third-order valence-electron chi connectivity index (χ3n) is 4.68. The maximum atomic E-state index is 6.33. The molecule has 2 saturated carbocycles. The molecule has 2 fully saturated rings. The lowest BCUT2D eigenvalue weighted by Gasteiger charge is -2.32. The molecule has 0 spiro atoms. The van der Waals surface area contributed by atoms with Crippen LogP contribution in [0, 0.1) is 23.7 Å². The van der Waals surface area contributed by atoms with Crippen LogP contribution in [0.15, 0.2) is 0 Å². The maximum absolute atomic E-state index is 6.33. The van der Waals surface area contributed by atoms with Gasteiger partial charge >= 0.3 is 0 Å². The standard InChI is InChI=1S/C13H25N/c1-3-10-4-6-11(7-5-10)13(14)12-8-9(12)2/h9-13H,3-8,14H2,1-2H3. The van der Waals surface area contributed by atoms with Gasteiger partial charge < -0.3 is 5.73 Å². The second kappa shape index (κ2) is 4.22. The highest BCUT2D eigenvalue weighted by molar-refractivity contribution is 4.94. The van der Waals surface area contributed by atoms with Gasteiger partial charge in [-0.2, -0.15) is 0 Å². The third-order valence-corrected chi connectivity index (χ3v) is 4.68. The summed E-state index contributed by atoms with van der Waals surface area (Å²) in [6.45, 7) is 4.68. The summed E-state index contributed by atoms with van der Waals surface area (Å²) in [5.41, 5.74) is 6.33. The van der Waals surface area contributed by atoms with Crippen LogP contribution in [-0.4, -0.2) is 6.04 Å². The van der Waals surface area contributed by atoms with E-state index in [1.165, 1.54) is 38.5 Å². The first-order valence-corrected chi connectivity index (χ1v) is 6.48. The van der Waals surface area contributed by atoms with Crippen LogP contribution < -0.4 is 5.73 Å². The smallest absolute Gasteiger partial charge is 0.00982 e. The zero-order valence-electron chi connectivity index (χ0n) is 9.71. The number of hydrogen-bond acceptors (Lipinski definition) is 1. The summed E-state index contributed by atoms with van der Waals surface area (Å²) < 4.78 is 0. The van der Waals surface area contributed by atoms with Crippen molar-refractivity contribution < 1.29 is 0 Å². The van der Waals surface area contributed by atoms with Crippen molar-refractivity contribution in [1.29, 1.82) is 0 Å². The molecule has 3 unspecified atom stereocenters. The van der Waals surface area contributed by atoms with Crippen molar-refractivity contribution in [3.05, 3.63) is 0 Å². The molecule has 1 heteroatoms. The molecule has 2 aliphatic rings. The second-order valence-electron chi connectivity index (χ2n) is 5.64. The lowest BCUT2D eigenvalue weighted by Crippen LogP contribution is -2.35. The summed E-state index contributed by atoms with van der Waals surface area (Å²) in [5.74, 6) is 3.66. The molecule has 0 bridgehead atoms. The minimum Gasteiger partial charge on any atom is -0.327 e. The van der Waals surface area contributed by atoms with Gasteiger partial charge in [0.2, 0.25) is 0 Å². The lowest BCUT2D eigenvalue weighted by molar-refractivity contribution is 0.225. The summed E-state index contributed by atoms with van der Waals surface area (Å²) in [5, 5.41) is 0. The molecule has 3 atom stereocenters. The Morgan fingerprint density at radius 3 is 2.21 bits per heavy atom. The molecule has 1 nitrogen and oxygen atoms in total. The van der Waals surface area contributed by atoms with Gasteiger partial charge in [0.25, 0.3) is 0 Å². The molecule has 14 heavy (non-hydrogen) atoms. The van der Waals surface area contributed by atoms with Crippen LogP contribution in [0.25, 0.3) is 0 Å². The van der Waals surface area contributed by atoms with E-state index in [9.17, 15) is 0 Å². The molecule has 0 heterocycles. The van der Waals surface area contributed by atoms with E-state index in [0.29, 0.717) is 6.04 Å². The predicted octanol–water partition coefficient (Wildman–Crippen LogP) is 3.19. The molecule has 0 amide bonds. The Morgan fingerprint density at radius 2 is 1.79 bits per heavy atom. The van der Waals surface area contributed by atoms with E-state index < -0.39 is 0 Å². The van der Waals surface area contributed by atoms with Crippen LogP contribution in [-0.2, 0) is 0 Å². The minimum atomic E-state index is 0.530. The normalized spacial score (nSPS) is 44.8. The molecule has 0 saturated heterocycles. The Morgan fingerprint density at radius 1 is 1.21 bits per heavy atom.